The molecular formula is C14H13F3N4. The molecule has 3 rings (SSSR count). The molecule has 21 heavy (non-hydrogen) atoms. The van der Waals surface area contributed by atoms with Gasteiger partial charge in [0.05, 0.1) is 16.8 Å². The lowest BCUT2D eigenvalue weighted by atomic mass is 10.1. The maximum atomic E-state index is 12.8. The van der Waals surface area contributed by atoms with E-state index in [4.69, 9.17) is 0 Å². The quantitative estimate of drug-likeness (QED) is 0.812. The predicted octanol–water partition coefficient (Wildman–Crippen LogP) is 2.76. The average Bonchev–Trinajstić information content (AvgIpc) is 2.78. The molecule has 3 heterocycles. The van der Waals surface area contributed by atoms with Gasteiger partial charge in [0, 0.05) is 31.2 Å². The van der Waals surface area contributed by atoms with Crippen molar-refractivity contribution in [1.29, 1.82) is 5.26 Å². The zero-order valence-corrected chi connectivity index (χ0v) is 11.4. The number of hydrogen-bond acceptors (Lipinski definition) is 3. The van der Waals surface area contributed by atoms with Gasteiger partial charge in [-0.25, -0.2) is 4.98 Å². The number of nitrogens with zero attached hydrogens (tertiary/aromatic N) is 4. The number of halogens is 3. The number of nitriles is 1. The van der Waals surface area contributed by atoms with Gasteiger partial charge < -0.3 is 4.57 Å². The summed E-state index contributed by atoms with van der Waals surface area (Å²) in [7, 11) is 0. The zero-order valence-electron chi connectivity index (χ0n) is 11.4. The maximum Gasteiger partial charge on any atom is 0.417 e. The van der Waals surface area contributed by atoms with Gasteiger partial charge in [-0.1, -0.05) is 6.92 Å². The van der Waals surface area contributed by atoms with Gasteiger partial charge in [-0.2, -0.15) is 18.4 Å². The molecule has 1 aliphatic rings. The molecule has 0 saturated heterocycles. The minimum Gasteiger partial charge on any atom is -0.326 e. The molecule has 0 spiro atoms. The Labute approximate surface area is 119 Å². The first kappa shape index (κ1) is 13.9. The molecule has 2 aromatic heterocycles. The second kappa shape index (κ2) is 4.74. The summed E-state index contributed by atoms with van der Waals surface area (Å²) < 4.78 is 40.3. The van der Waals surface area contributed by atoms with E-state index in [-0.39, 0.29) is 0 Å². The standard InChI is InChI=1S/C14H13F3N4/c1-2-20-3-4-21-12(8-20)11(6-18)10-5-9(14(15,16)17)7-19-13(10)21/h5,7H,2-4,8H2,1H3. The summed E-state index contributed by atoms with van der Waals surface area (Å²) in [5.74, 6) is 0. The van der Waals surface area contributed by atoms with Crippen LogP contribution in [0.5, 0.6) is 0 Å². The van der Waals surface area contributed by atoms with Crippen LogP contribution in [0.4, 0.5) is 13.2 Å². The van der Waals surface area contributed by atoms with E-state index >= 15 is 0 Å². The molecule has 0 radical (unpaired) electrons. The van der Waals surface area contributed by atoms with Crippen LogP contribution in [-0.2, 0) is 19.3 Å². The van der Waals surface area contributed by atoms with Crippen LogP contribution in [0.3, 0.4) is 0 Å². The number of aromatic nitrogens is 2. The minimum absolute atomic E-state index is 0.292. The summed E-state index contributed by atoms with van der Waals surface area (Å²) in [6, 6.07) is 3.08. The Kier molecular flexibility index (Phi) is 3.14. The molecule has 1 aliphatic heterocycles. The first-order valence-electron chi connectivity index (χ1n) is 6.66. The number of hydrogen-bond donors (Lipinski definition) is 0. The van der Waals surface area contributed by atoms with Crippen molar-refractivity contribution in [2.24, 2.45) is 0 Å². The highest BCUT2D eigenvalue weighted by atomic mass is 19.4. The van der Waals surface area contributed by atoms with E-state index in [1.165, 1.54) is 0 Å². The summed E-state index contributed by atoms with van der Waals surface area (Å²) in [5, 5.41) is 9.63. The third kappa shape index (κ3) is 2.16. The Balaban J connectivity index is 2.23. The third-order valence-corrected chi connectivity index (χ3v) is 3.91. The van der Waals surface area contributed by atoms with E-state index in [0.717, 1.165) is 31.0 Å². The summed E-state index contributed by atoms with van der Waals surface area (Å²) in [4.78, 5) is 6.11. The van der Waals surface area contributed by atoms with Crippen LogP contribution in [0, 0.1) is 11.3 Å². The van der Waals surface area contributed by atoms with Crippen LogP contribution in [0.1, 0.15) is 23.7 Å². The third-order valence-electron chi connectivity index (χ3n) is 3.91. The molecule has 4 nitrogen and oxygen atoms in total. The number of fused-ring (bicyclic) bond motifs is 3. The van der Waals surface area contributed by atoms with Crippen molar-refractivity contribution in [1.82, 2.24) is 14.5 Å². The van der Waals surface area contributed by atoms with Crippen molar-refractivity contribution < 1.29 is 13.2 Å². The molecule has 0 N–H and O–H groups in total. The molecule has 110 valence electrons. The fourth-order valence-corrected chi connectivity index (χ4v) is 2.76. The lowest BCUT2D eigenvalue weighted by molar-refractivity contribution is -0.137. The maximum absolute atomic E-state index is 12.8. The van der Waals surface area contributed by atoms with Gasteiger partial charge in [0.15, 0.2) is 0 Å². The van der Waals surface area contributed by atoms with E-state index < -0.39 is 11.7 Å². The monoisotopic (exact) mass is 294 g/mol. The fraction of sp³-hybridized carbons (Fsp3) is 0.429. The largest absolute Gasteiger partial charge is 0.417 e. The van der Waals surface area contributed by atoms with Gasteiger partial charge in [-0.05, 0) is 12.6 Å². The van der Waals surface area contributed by atoms with Gasteiger partial charge in [0.2, 0.25) is 0 Å². The van der Waals surface area contributed by atoms with Crippen LogP contribution in [0.15, 0.2) is 12.3 Å². The molecule has 0 unspecified atom stereocenters. The second-order valence-electron chi connectivity index (χ2n) is 5.05. The topological polar surface area (TPSA) is 44.9 Å². The van der Waals surface area contributed by atoms with Gasteiger partial charge >= 0.3 is 6.18 Å². The Hall–Kier alpha value is -2.07. The molecule has 7 heteroatoms. The number of alkyl halides is 3. The SMILES string of the molecule is CCN1CCn2c(c(C#N)c3cc(C(F)(F)F)cnc32)C1. The van der Waals surface area contributed by atoms with Crippen molar-refractivity contribution in [2.75, 3.05) is 13.1 Å². The summed E-state index contributed by atoms with van der Waals surface area (Å²) >= 11 is 0. The Morgan fingerprint density at radius 3 is 2.76 bits per heavy atom. The molecular weight excluding hydrogens is 281 g/mol. The summed E-state index contributed by atoms with van der Waals surface area (Å²) in [6.07, 6.45) is -3.62. The van der Waals surface area contributed by atoms with Crippen LogP contribution in [0.2, 0.25) is 0 Å². The Morgan fingerprint density at radius 1 is 1.38 bits per heavy atom. The smallest absolute Gasteiger partial charge is 0.326 e. The normalized spacial score (nSPS) is 16.0. The van der Waals surface area contributed by atoms with E-state index in [0.29, 0.717) is 29.7 Å². The number of pyridine rings is 1. The molecule has 0 aromatic carbocycles. The summed E-state index contributed by atoms with van der Waals surface area (Å²) in [5.41, 5.74) is 0.710. The van der Waals surface area contributed by atoms with Gasteiger partial charge in [0.25, 0.3) is 0 Å². The average molecular weight is 294 g/mol. The van der Waals surface area contributed by atoms with Crippen molar-refractivity contribution >= 4 is 11.0 Å². The Bertz CT molecular complexity index is 739. The van der Waals surface area contributed by atoms with Crippen LogP contribution in [0.25, 0.3) is 11.0 Å². The van der Waals surface area contributed by atoms with Crippen molar-refractivity contribution in [3.05, 3.63) is 29.1 Å². The van der Waals surface area contributed by atoms with Crippen molar-refractivity contribution in [3.8, 4) is 6.07 Å². The van der Waals surface area contributed by atoms with Gasteiger partial charge in [-0.15, -0.1) is 0 Å². The first-order chi connectivity index (χ1) is 9.95. The molecule has 0 amide bonds. The van der Waals surface area contributed by atoms with Gasteiger partial charge in [-0.3, -0.25) is 4.90 Å². The molecule has 0 bridgehead atoms. The predicted molar refractivity (Wildman–Crippen MR) is 70.4 cm³/mol. The van der Waals surface area contributed by atoms with E-state index in [2.05, 4.69) is 9.88 Å². The molecule has 0 fully saturated rings. The van der Waals surface area contributed by atoms with E-state index in [1.54, 1.807) is 0 Å². The highest BCUT2D eigenvalue weighted by molar-refractivity contribution is 5.86. The molecule has 0 aliphatic carbocycles. The van der Waals surface area contributed by atoms with Crippen LogP contribution >= 0.6 is 0 Å². The second-order valence-corrected chi connectivity index (χ2v) is 5.05. The lowest BCUT2D eigenvalue weighted by Gasteiger charge is -2.27. The number of likely N-dealkylation sites (N-methyl/N-ethyl adjacent to an activating group) is 1. The highest BCUT2D eigenvalue weighted by Gasteiger charge is 2.33. The zero-order chi connectivity index (χ0) is 15.2. The molecule has 0 saturated carbocycles. The van der Waals surface area contributed by atoms with E-state index in [1.807, 2.05) is 17.6 Å². The Morgan fingerprint density at radius 2 is 2.14 bits per heavy atom. The first-order valence-corrected chi connectivity index (χ1v) is 6.66. The highest BCUT2D eigenvalue weighted by Crippen LogP contribution is 2.34. The minimum atomic E-state index is -4.45. The number of rotatable bonds is 1. The molecule has 2 aromatic rings. The van der Waals surface area contributed by atoms with Crippen LogP contribution < -0.4 is 0 Å². The van der Waals surface area contributed by atoms with Crippen molar-refractivity contribution in [2.45, 2.75) is 26.2 Å². The van der Waals surface area contributed by atoms with Crippen molar-refractivity contribution in [3.63, 3.8) is 0 Å². The molecule has 0 atom stereocenters. The lowest BCUT2D eigenvalue weighted by Crippen LogP contribution is -2.33. The summed E-state index contributed by atoms with van der Waals surface area (Å²) in [6.45, 7) is 4.87. The van der Waals surface area contributed by atoms with E-state index in [9.17, 15) is 18.4 Å². The fourth-order valence-electron chi connectivity index (χ4n) is 2.76. The van der Waals surface area contributed by atoms with Gasteiger partial charge in [0.1, 0.15) is 11.7 Å². The van der Waals surface area contributed by atoms with Crippen LogP contribution in [-0.4, -0.2) is 27.5 Å².